The molecule has 2 aromatic rings. The van der Waals surface area contributed by atoms with Crippen molar-refractivity contribution >= 4 is 29.3 Å². The van der Waals surface area contributed by atoms with Crippen LogP contribution in [0.4, 0.5) is 10.1 Å². The van der Waals surface area contributed by atoms with Gasteiger partial charge >= 0.3 is 0 Å². The molecule has 25 heavy (non-hydrogen) atoms. The van der Waals surface area contributed by atoms with Gasteiger partial charge in [0.15, 0.2) is 0 Å². The van der Waals surface area contributed by atoms with Crippen LogP contribution in [0.2, 0.25) is 0 Å². The van der Waals surface area contributed by atoms with E-state index in [4.69, 9.17) is 0 Å². The molecule has 1 saturated carbocycles. The molecule has 0 bridgehead atoms. The van der Waals surface area contributed by atoms with Crippen LogP contribution < -0.4 is 10.2 Å². The van der Waals surface area contributed by atoms with Gasteiger partial charge in [-0.05, 0) is 36.2 Å². The minimum Gasteiger partial charge on any atom is -0.351 e. The lowest BCUT2D eigenvalue weighted by Gasteiger charge is -2.28. The van der Waals surface area contributed by atoms with Crippen molar-refractivity contribution in [1.82, 2.24) is 5.32 Å². The first-order valence-corrected chi connectivity index (χ1v) is 9.17. The molecule has 1 aliphatic carbocycles. The Morgan fingerprint density at radius 3 is 2.76 bits per heavy atom. The third-order valence-electron chi connectivity index (χ3n) is 4.54. The SMILES string of the molecule is O=C(CN1C(=O)CSc2ccccc21)N[C@H]1C[C@H]1c1ccc(F)cc1. The van der Waals surface area contributed by atoms with Crippen molar-refractivity contribution in [3.63, 3.8) is 0 Å². The number of benzene rings is 2. The molecule has 0 aromatic heterocycles. The molecule has 0 spiro atoms. The van der Waals surface area contributed by atoms with Crippen molar-refractivity contribution < 1.29 is 14.0 Å². The molecule has 0 unspecified atom stereocenters. The summed E-state index contributed by atoms with van der Waals surface area (Å²) < 4.78 is 13.0. The number of carbonyl (C=O) groups is 2. The van der Waals surface area contributed by atoms with Crippen LogP contribution in [0.3, 0.4) is 0 Å². The highest BCUT2D eigenvalue weighted by Gasteiger charge is 2.40. The average Bonchev–Trinajstić information content (AvgIpc) is 3.37. The smallest absolute Gasteiger partial charge is 0.240 e. The number of amides is 2. The molecule has 0 radical (unpaired) electrons. The highest BCUT2D eigenvalue weighted by molar-refractivity contribution is 8.00. The summed E-state index contributed by atoms with van der Waals surface area (Å²) in [6.45, 7) is 0.0308. The van der Waals surface area contributed by atoms with Crippen molar-refractivity contribution in [1.29, 1.82) is 0 Å². The number of nitrogens with zero attached hydrogens (tertiary/aromatic N) is 1. The molecule has 1 heterocycles. The van der Waals surface area contributed by atoms with Crippen molar-refractivity contribution in [2.24, 2.45) is 0 Å². The number of hydrogen-bond donors (Lipinski definition) is 1. The number of carbonyl (C=O) groups excluding carboxylic acids is 2. The van der Waals surface area contributed by atoms with E-state index in [9.17, 15) is 14.0 Å². The van der Waals surface area contributed by atoms with Gasteiger partial charge in [0.25, 0.3) is 0 Å². The fourth-order valence-electron chi connectivity index (χ4n) is 3.16. The summed E-state index contributed by atoms with van der Waals surface area (Å²) in [6, 6.07) is 14.1. The number of hydrogen-bond acceptors (Lipinski definition) is 3. The van der Waals surface area contributed by atoms with E-state index in [2.05, 4.69) is 5.32 Å². The number of anilines is 1. The van der Waals surface area contributed by atoms with E-state index in [1.165, 1.54) is 23.9 Å². The van der Waals surface area contributed by atoms with Gasteiger partial charge in [-0.15, -0.1) is 11.8 Å². The van der Waals surface area contributed by atoms with Crippen LogP contribution in [0.15, 0.2) is 53.4 Å². The van der Waals surface area contributed by atoms with E-state index < -0.39 is 0 Å². The third-order valence-corrected chi connectivity index (χ3v) is 5.59. The first kappa shape index (κ1) is 16.1. The van der Waals surface area contributed by atoms with Crippen LogP contribution in [0.5, 0.6) is 0 Å². The number of rotatable bonds is 4. The molecule has 1 N–H and O–H groups in total. The van der Waals surface area contributed by atoms with Gasteiger partial charge in [0.2, 0.25) is 11.8 Å². The molecule has 6 heteroatoms. The standard InChI is InChI=1S/C19H17FN2O2S/c20-13-7-5-12(6-8-13)14-9-15(14)21-18(23)10-22-16-3-1-2-4-17(16)25-11-19(22)24/h1-8,14-15H,9-11H2,(H,21,23)/t14-,15-/m0/s1. The molecule has 2 atom stereocenters. The van der Waals surface area contributed by atoms with Gasteiger partial charge in [-0.3, -0.25) is 9.59 Å². The molecule has 4 nitrogen and oxygen atoms in total. The Hall–Kier alpha value is -2.34. The summed E-state index contributed by atoms with van der Waals surface area (Å²) in [6.07, 6.45) is 0.845. The molecule has 0 saturated heterocycles. The van der Waals surface area contributed by atoms with Gasteiger partial charge < -0.3 is 10.2 Å². The number of thioether (sulfide) groups is 1. The van der Waals surface area contributed by atoms with Crippen molar-refractivity contribution in [3.8, 4) is 0 Å². The Labute approximate surface area is 149 Å². The maximum Gasteiger partial charge on any atom is 0.240 e. The molecule has 1 aliphatic heterocycles. The molecule has 4 rings (SSSR count). The fraction of sp³-hybridized carbons (Fsp3) is 0.263. The predicted octanol–water partition coefficient (Wildman–Crippen LogP) is 2.94. The first-order valence-electron chi connectivity index (χ1n) is 8.19. The second-order valence-electron chi connectivity index (χ2n) is 6.30. The molecule has 128 valence electrons. The quantitative estimate of drug-likeness (QED) is 0.916. The molecular formula is C19H17FN2O2S. The topological polar surface area (TPSA) is 49.4 Å². The zero-order chi connectivity index (χ0) is 17.4. The fourth-order valence-corrected chi connectivity index (χ4v) is 4.09. The van der Waals surface area contributed by atoms with E-state index in [-0.39, 0.29) is 36.1 Å². The highest BCUT2D eigenvalue weighted by atomic mass is 32.2. The summed E-state index contributed by atoms with van der Waals surface area (Å²) in [7, 11) is 0. The van der Waals surface area contributed by atoms with E-state index in [1.807, 2.05) is 24.3 Å². The maximum absolute atomic E-state index is 13.0. The minimum atomic E-state index is -0.259. The lowest BCUT2D eigenvalue weighted by Crippen LogP contribution is -2.44. The van der Waals surface area contributed by atoms with Gasteiger partial charge in [0, 0.05) is 16.9 Å². The lowest BCUT2D eigenvalue weighted by molar-refractivity contribution is -0.123. The first-order chi connectivity index (χ1) is 12.1. The van der Waals surface area contributed by atoms with E-state index in [0.717, 1.165) is 22.6 Å². The highest BCUT2D eigenvalue weighted by Crippen LogP contribution is 2.41. The largest absolute Gasteiger partial charge is 0.351 e. The Morgan fingerprint density at radius 2 is 1.96 bits per heavy atom. The second kappa shape index (κ2) is 6.52. The normalized spacial score (nSPS) is 21.6. The van der Waals surface area contributed by atoms with Crippen LogP contribution in [0.1, 0.15) is 17.9 Å². The minimum absolute atomic E-state index is 0.0308. The summed E-state index contributed by atoms with van der Waals surface area (Å²) >= 11 is 1.50. The molecule has 2 amide bonds. The summed E-state index contributed by atoms with van der Waals surface area (Å²) in [5.41, 5.74) is 1.83. The van der Waals surface area contributed by atoms with E-state index in [0.29, 0.717) is 5.75 Å². The van der Waals surface area contributed by atoms with E-state index in [1.54, 1.807) is 17.0 Å². The van der Waals surface area contributed by atoms with Gasteiger partial charge in [0.1, 0.15) is 12.4 Å². The van der Waals surface area contributed by atoms with Crippen molar-refractivity contribution in [2.75, 3.05) is 17.2 Å². The Kier molecular flexibility index (Phi) is 4.21. The number of nitrogens with one attached hydrogen (secondary N) is 1. The third kappa shape index (κ3) is 3.39. The van der Waals surface area contributed by atoms with Crippen molar-refractivity contribution in [3.05, 3.63) is 59.9 Å². The summed E-state index contributed by atoms with van der Waals surface area (Å²) in [4.78, 5) is 27.1. The van der Waals surface area contributed by atoms with Crippen molar-refractivity contribution in [2.45, 2.75) is 23.3 Å². The Bertz CT molecular complexity index is 824. The van der Waals surface area contributed by atoms with Gasteiger partial charge in [-0.2, -0.15) is 0 Å². The van der Waals surface area contributed by atoms with Crippen LogP contribution in [-0.4, -0.2) is 30.2 Å². The van der Waals surface area contributed by atoms with Crippen LogP contribution >= 0.6 is 11.8 Å². The molecule has 2 aromatic carbocycles. The molecule has 1 fully saturated rings. The Morgan fingerprint density at radius 1 is 1.20 bits per heavy atom. The lowest BCUT2D eigenvalue weighted by atomic mass is 10.1. The number of halogens is 1. The maximum atomic E-state index is 13.0. The average molecular weight is 356 g/mol. The van der Waals surface area contributed by atoms with Crippen LogP contribution in [0.25, 0.3) is 0 Å². The monoisotopic (exact) mass is 356 g/mol. The Balaban J connectivity index is 1.39. The van der Waals surface area contributed by atoms with Gasteiger partial charge in [-0.1, -0.05) is 24.3 Å². The van der Waals surface area contributed by atoms with Crippen LogP contribution in [-0.2, 0) is 9.59 Å². The molecular weight excluding hydrogens is 339 g/mol. The van der Waals surface area contributed by atoms with Crippen LogP contribution in [0, 0.1) is 5.82 Å². The summed E-state index contributed by atoms with van der Waals surface area (Å²) in [5, 5.41) is 2.98. The number of para-hydroxylation sites is 1. The zero-order valence-corrected chi connectivity index (χ0v) is 14.3. The summed E-state index contributed by atoms with van der Waals surface area (Å²) in [5.74, 6) is 0.107. The number of fused-ring (bicyclic) bond motifs is 1. The van der Waals surface area contributed by atoms with E-state index >= 15 is 0 Å². The second-order valence-corrected chi connectivity index (χ2v) is 7.32. The van der Waals surface area contributed by atoms with Gasteiger partial charge in [-0.25, -0.2) is 4.39 Å². The van der Waals surface area contributed by atoms with Gasteiger partial charge in [0.05, 0.1) is 11.4 Å². The zero-order valence-electron chi connectivity index (χ0n) is 13.4. The molecule has 2 aliphatic rings. The predicted molar refractivity (Wildman–Crippen MR) is 95.2 cm³/mol.